The van der Waals surface area contributed by atoms with Crippen LogP contribution in [-0.4, -0.2) is 35.8 Å². The van der Waals surface area contributed by atoms with Crippen molar-refractivity contribution in [2.75, 3.05) is 19.0 Å². The van der Waals surface area contributed by atoms with E-state index in [0.717, 1.165) is 0 Å². The van der Waals surface area contributed by atoms with E-state index in [4.69, 9.17) is 0 Å². The number of esters is 1. The van der Waals surface area contributed by atoms with Gasteiger partial charge in [-0.1, -0.05) is 6.92 Å². The first-order valence-corrected chi connectivity index (χ1v) is 5.13. The van der Waals surface area contributed by atoms with Gasteiger partial charge >= 0.3 is 5.97 Å². The molecule has 0 saturated heterocycles. The van der Waals surface area contributed by atoms with Gasteiger partial charge in [-0.25, -0.2) is 9.78 Å². The zero-order valence-corrected chi connectivity index (χ0v) is 9.43. The van der Waals surface area contributed by atoms with Crippen molar-refractivity contribution in [1.82, 2.24) is 4.98 Å². The van der Waals surface area contributed by atoms with Crippen LogP contribution >= 0.6 is 0 Å². The first kappa shape index (κ1) is 12.4. The van der Waals surface area contributed by atoms with E-state index in [-0.39, 0.29) is 0 Å². The standard InChI is InChI=1S/C11H16N2O3/c1-3-9(14)7-13-10-6-8(4-5-12-10)11(15)16-2/h4-6,9,14H,3,7H2,1-2H3,(H,12,13). The summed E-state index contributed by atoms with van der Waals surface area (Å²) in [5.41, 5.74) is 0.436. The van der Waals surface area contributed by atoms with Crippen LogP contribution in [0.1, 0.15) is 23.7 Å². The molecular formula is C11H16N2O3. The van der Waals surface area contributed by atoms with Crippen LogP contribution in [0.4, 0.5) is 5.82 Å². The SMILES string of the molecule is CCC(O)CNc1cc(C(=O)OC)ccn1. The maximum absolute atomic E-state index is 11.2. The summed E-state index contributed by atoms with van der Waals surface area (Å²) in [6.45, 7) is 2.30. The van der Waals surface area contributed by atoms with E-state index in [0.29, 0.717) is 24.3 Å². The lowest BCUT2D eigenvalue weighted by Crippen LogP contribution is -2.19. The molecule has 0 aliphatic carbocycles. The van der Waals surface area contributed by atoms with Crippen LogP contribution in [0.25, 0.3) is 0 Å². The first-order chi connectivity index (χ1) is 7.67. The van der Waals surface area contributed by atoms with Gasteiger partial charge in [-0.15, -0.1) is 0 Å². The first-order valence-electron chi connectivity index (χ1n) is 5.13. The number of rotatable bonds is 5. The Labute approximate surface area is 94.5 Å². The number of aliphatic hydroxyl groups is 1. The molecule has 0 radical (unpaired) electrons. The average Bonchev–Trinajstić information content (AvgIpc) is 2.35. The van der Waals surface area contributed by atoms with Crippen molar-refractivity contribution in [3.05, 3.63) is 23.9 Å². The Morgan fingerprint density at radius 1 is 1.69 bits per heavy atom. The van der Waals surface area contributed by atoms with Crippen molar-refractivity contribution in [1.29, 1.82) is 0 Å². The molecule has 0 amide bonds. The highest BCUT2D eigenvalue weighted by Crippen LogP contribution is 2.08. The summed E-state index contributed by atoms with van der Waals surface area (Å²) in [6.07, 6.45) is 1.78. The van der Waals surface area contributed by atoms with Gasteiger partial charge in [-0.05, 0) is 18.6 Å². The maximum Gasteiger partial charge on any atom is 0.338 e. The number of nitrogens with zero attached hydrogens (tertiary/aromatic N) is 1. The minimum atomic E-state index is -0.413. The lowest BCUT2D eigenvalue weighted by atomic mass is 10.2. The van der Waals surface area contributed by atoms with E-state index in [1.165, 1.54) is 13.3 Å². The fraction of sp³-hybridized carbons (Fsp3) is 0.455. The summed E-state index contributed by atoms with van der Waals surface area (Å²) in [7, 11) is 1.33. The Bertz CT molecular complexity index is 355. The van der Waals surface area contributed by atoms with Crippen molar-refractivity contribution in [2.45, 2.75) is 19.4 Å². The Morgan fingerprint density at radius 3 is 3.06 bits per heavy atom. The van der Waals surface area contributed by atoms with Crippen molar-refractivity contribution in [3.8, 4) is 0 Å². The lowest BCUT2D eigenvalue weighted by molar-refractivity contribution is 0.0600. The fourth-order valence-corrected chi connectivity index (χ4v) is 1.14. The van der Waals surface area contributed by atoms with Gasteiger partial charge in [0.1, 0.15) is 5.82 Å². The molecule has 0 aliphatic heterocycles. The van der Waals surface area contributed by atoms with Crippen LogP contribution < -0.4 is 5.32 Å². The summed E-state index contributed by atoms with van der Waals surface area (Å²) in [5, 5.41) is 12.3. The van der Waals surface area contributed by atoms with Crippen molar-refractivity contribution >= 4 is 11.8 Å². The van der Waals surface area contributed by atoms with Crippen LogP contribution in [0, 0.1) is 0 Å². The van der Waals surface area contributed by atoms with Gasteiger partial charge < -0.3 is 15.2 Å². The van der Waals surface area contributed by atoms with Crippen molar-refractivity contribution in [2.24, 2.45) is 0 Å². The number of nitrogens with one attached hydrogen (secondary N) is 1. The zero-order valence-electron chi connectivity index (χ0n) is 9.43. The third kappa shape index (κ3) is 3.51. The normalized spacial score (nSPS) is 11.9. The number of hydrogen-bond donors (Lipinski definition) is 2. The summed E-state index contributed by atoms with van der Waals surface area (Å²) in [5.74, 6) is 0.150. The zero-order chi connectivity index (χ0) is 12.0. The van der Waals surface area contributed by atoms with Gasteiger partial charge in [-0.2, -0.15) is 0 Å². The van der Waals surface area contributed by atoms with E-state index >= 15 is 0 Å². The van der Waals surface area contributed by atoms with E-state index < -0.39 is 12.1 Å². The van der Waals surface area contributed by atoms with Crippen molar-refractivity contribution in [3.63, 3.8) is 0 Å². The second-order valence-electron chi connectivity index (χ2n) is 3.36. The molecule has 0 spiro atoms. The number of pyridine rings is 1. The van der Waals surface area contributed by atoms with E-state index in [2.05, 4.69) is 15.0 Å². The number of carbonyl (C=O) groups is 1. The van der Waals surface area contributed by atoms with Gasteiger partial charge in [0.15, 0.2) is 0 Å². The summed E-state index contributed by atoms with van der Waals surface area (Å²) >= 11 is 0. The number of anilines is 1. The molecule has 88 valence electrons. The highest BCUT2D eigenvalue weighted by molar-refractivity contribution is 5.89. The molecule has 5 heteroatoms. The number of hydrogen-bond acceptors (Lipinski definition) is 5. The molecule has 0 bridgehead atoms. The molecule has 16 heavy (non-hydrogen) atoms. The van der Waals surface area contributed by atoms with Gasteiger partial charge in [0.25, 0.3) is 0 Å². The molecule has 1 unspecified atom stereocenters. The Balaban J connectivity index is 2.64. The Morgan fingerprint density at radius 2 is 2.44 bits per heavy atom. The molecule has 1 rings (SSSR count). The van der Waals surface area contributed by atoms with E-state index in [9.17, 15) is 9.90 Å². The number of aromatic nitrogens is 1. The molecule has 2 N–H and O–H groups in total. The lowest BCUT2D eigenvalue weighted by Gasteiger charge is -2.10. The van der Waals surface area contributed by atoms with Crippen LogP contribution in [0.5, 0.6) is 0 Å². The Kier molecular flexibility index (Phi) is 4.72. The number of methoxy groups -OCH3 is 1. The summed E-state index contributed by atoms with van der Waals surface area (Å²) in [4.78, 5) is 15.3. The van der Waals surface area contributed by atoms with Crippen LogP contribution in [0.15, 0.2) is 18.3 Å². The average molecular weight is 224 g/mol. The van der Waals surface area contributed by atoms with E-state index in [1.807, 2.05) is 6.92 Å². The molecule has 0 saturated carbocycles. The molecular weight excluding hydrogens is 208 g/mol. The maximum atomic E-state index is 11.2. The predicted molar refractivity (Wildman–Crippen MR) is 60.4 cm³/mol. The van der Waals surface area contributed by atoms with Crippen molar-refractivity contribution < 1.29 is 14.6 Å². The second-order valence-corrected chi connectivity index (χ2v) is 3.36. The largest absolute Gasteiger partial charge is 0.465 e. The number of carbonyl (C=O) groups excluding carboxylic acids is 1. The van der Waals surface area contributed by atoms with Gasteiger partial charge in [0, 0.05) is 12.7 Å². The number of ether oxygens (including phenoxy) is 1. The predicted octanol–water partition coefficient (Wildman–Crippen LogP) is 1.05. The monoisotopic (exact) mass is 224 g/mol. The molecule has 0 aliphatic rings. The second kappa shape index (κ2) is 6.07. The van der Waals surface area contributed by atoms with Gasteiger partial charge in [-0.3, -0.25) is 0 Å². The third-order valence-electron chi connectivity index (χ3n) is 2.17. The smallest absolute Gasteiger partial charge is 0.338 e. The molecule has 1 heterocycles. The molecule has 0 fully saturated rings. The molecule has 5 nitrogen and oxygen atoms in total. The summed E-state index contributed by atoms with van der Waals surface area (Å²) < 4.78 is 4.59. The fourth-order valence-electron chi connectivity index (χ4n) is 1.14. The quantitative estimate of drug-likeness (QED) is 0.731. The highest BCUT2D eigenvalue weighted by Gasteiger charge is 2.07. The number of aliphatic hydroxyl groups excluding tert-OH is 1. The third-order valence-corrected chi connectivity index (χ3v) is 2.17. The van der Waals surface area contributed by atoms with E-state index in [1.54, 1.807) is 12.1 Å². The van der Waals surface area contributed by atoms with Crippen LogP contribution in [0.2, 0.25) is 0 Å². The summed E-state index contributed by atoms with van der Waals surface area (Å²) in [6, 6.07) is 3.17. The molecule has 1 aromatic rings. The Hall–Kier alpha value is -1.62. The van der Waals surface area contributed by atoms with Crippen LogP contribution in [0.3, 0.4) is 0 Å². The molecule has 1 atom stereocenters. The van der Waals surface area contributed by atoms with Gasteiger partial charge in [0.05, 0.1) is 18.8 Å². The molecule has 1 aromatic heterocycles. The topological polar surface area (TPSA) is 71.5 Å². The molecule has 0 aromatic carbocycles. The minimum absolute atomic E-state index is 0.401. The van der Waals surface area contributed by atoms with Gasteiger partial charge in [0.2, 0.25) is 0 Å². The highest BCUT2D eigenvalue weighted by atomic mass is 16.5. The van der Waals surface area contributed by atoms with Crippen LogP contribution in [-0.2, 0) is 4.74 Å². The minimum Gasteiger partial charge on any atom is -0.465 e.